The molecule has 0 atom stereocenters. The van der Waals surface area contributed by atoms with E-state index in [4.69, 9.17) is 4.42 Å². The molecular weight excluding hydrogens is 311 g/mol. The summed E-state index contributed by atoms with van der Waals surface area (Å²) >= 11 is 0. The number of furan rings is 1. The Morgan fingerprint density at radius 3 is 1.88 bits per heavy atom. The summed E-state index contributed by atoms with van der Waals surface area (Å²) in [5.41, 5.74) is 5.71. The number of hydrogen-bond acceptors (Lipinski definition) is 1. The summed E-state index contributed by atoms with van der Waals surface area (Å²) in [6.07, 6.45) is 16.4. The maximum absolute atomic E-state index is 6.22. The van der Waals surface area contributed by atoms with E-state index >= 15 is 0 Å². The molecule has 0 amide bonds. The molecule has 4 rings (SSSR count). The predicted molar refractivity (Wildman–Crippen MR) is 104 cm³/mol. The third-order valence-corrected chi connectivity index (χ3v) is 9.23. The van der Waals surface area contributed by atoms with Gasteiger partial charge in [0.2, 0.25) is 0 Å². The highest BCUT2D eigenvalue weighted by molar-refractivity contribution is 7.66. The standard InChI is InChI=1S/C22H29OP/c1-4-10-18(11-5-1)19-16-22(23-17-19)24(20-12-6-2-7-13-20)21-14-8-3-9-15-21/h1,4-5,10-11,16-17,20-21H,2-3,6-9,12-15H2. The molecule has 0 unspecified atom stereocenters. The van der Waals surface area contributed by atoms with Crippen LogP contribution in [0, 0.1) is 0 Å². The highest BCUT2D eigenvalue weighted by atomic mass is 31.1. The highest BCUT2D eigenvalue weighted by Gasteiger charge is 2.34. The summed E-state index contributed by atoms with van der Waals surface area (Å²) in [6, 6.07) is 13.1. The second-order valence-corrected chi connectivity index (χ2v) is 10.2. The fourth-order valence-corrected chi connectivity index (χ4v) is 8.24. The Kier molecular flexibility index (Phi) is 5.38. The van der Waals surface area contributed by atoms with Gasteiger partial charge in [-0.05, 0) is 56.6 Å². The van der Waals surface area contributed by atoms with Crippen LogP contribution in [0.2, 0.25) is 0 Å². The Balaban J connectivity index is 1.61. The fourth-order valence-electron chi connectivity index (χ4n) is 4.62. The van der Waals surface area contributed by atoms with Crippen molar-refractivity contribution in [1.82, 2.24) is 0 Å². The van der Waals surface area contributed by atoms with Crippen molar-refractivity contribution in [2.75, 3.05) is 0 Å². The first-order chi connectivity index (χ1) is 11.9. The van der Waals surface area contributed by atoms with Crippen LogP contribution in [0.4, 0.5) is 0 Å². The fraction of sp³-hybridized carbons (Fsp3) is 0.545. The Labute approximate surface area is 147 Å². The van der Waals surface area contributed by atoms with Gasteiger partial charge in [0, 0.05) is 5.56 Å². The SMILES string of the molecule is c1ccc(-c2coc(P(C3CCCCC3)C3CCCCC3)c2)cc1. The zero-order valence-electron chi connectivity index (χ0n) is 14.6. The maximum atomic E-state index is 6.22. The summed E-state index contributed by atoms with van der Waals surface area (Å²) in [4.78, 5) is 0. The lowest BCUT2D eigenvalue weighted by atomic mass is 9.99. The molecule has 2 fully saturated rings. The molecule has 1 heterocycles. The molecule has 2 aliphatic rings. The molecule has 0 radical (unpaired) electrons. The molecule has 0 saturated heterocycles. The molecule has 1 aromatic carbocycles. The van der Waals surface area contributed by atoms with Crippen molar-refractivity contribution >= 4 is 13.4 Å². The molecule has 0 bridgehead atoms. The van der Waals surface area contributed by atoms with E-state index in [-0.39, 0.29) is 7.92 Å². The maximum Gasteiger partial charge on any atom is 0.126 e. The molecule has 2 saturated carbocycles. The zero-order valence-corrected chi connectivity index (χ0v) is 15.5. The lowest BCUT2D eigenvalue weighted by Gasteiger charge is -2.37. The van der Waals surface area contributed by atoms with Gasteiger partial charge in [0.15, 0.2) is 0 Å². The largest absolute Gasteiger partial charge is 0.464 e. The van der Waals surface area contributed by atoms with E-state index in [1.807, 2.05) is 6.26 Å². The second-order valence-electron chi connectivity index (χ2n) is 7.53. The summed E-state index contributed by atoms with van der Waals surface area (Å²) in [7, 11) is -0.128. The van der Waals surface area contributed by atoms with Crippen LogP contribution in [0.1, 0.15) is 64.2 Å². The van der Waals surface area contributed by atoms with Crippen LogP contribution in [-0.4, -0.2) is 11.3 Å². The number of benzene rings is 1. The van der Waals surface area contributed by atoms with Gasteiger partial charge in [-0.25, -0.2) is 0 Å². The van der Waals surface area contributed by atoms with Gasteiger partial charge < -0.3 is 4.42 Å². The van der Waals surface area contributed by atoms with Gasteiger partial charge in [0.1, 0.15) is 5.50 Å². The Morgan fingerprint density at radius 1 is 0.708 bits per heavy atom. The number of hydrogen-bond donors (Lipinski definition) is 0. The minimum absolute atomic E-state index is 0.128. The minimum atomic E-state index is -0.128. The molecular formula is C22H29OP. The Hall–Kier alpha value is -1.07. The van der Waals surface area contributed by atoms with Gasteiger partial charge in [-0.3, -0.25) is 0 Å². The summed E-state index contributed by atoms with van der Waals surface area (Å²) < 4.78 is 6.22. The van der Waals surface area contributed by atoms with Gasteiger partial charge in [0.05, 0.1) is 6.26 Å². The van der Waals surface area contributed by atoms with Crippen molar-refractivity contribution in [3.63, 3.8) is 0 Å². The summed E-state index contributed by atoms with van der Waals surface area (Å²) in [6.45, 7) is 0. The molecule has 0 aliphatic heterocycles. The Bertz CT molecular complexity index is 602. The molecule has 2 aliphatic carbocycles. The minimum Gasteiger partial charge on any atom is -0.464 e. The average molecular weight is 340 g/mol. The van der Waals surface area contributed by atoms with Crippen LogP contribution in [0.5, 0.6) is 0 Å². The number of rotatable bonds is 4. The van der Waals surface area contributed by atoms with Crippen molar-refractivity contribution in [2.24, 2.45) is 0 Å². The zero-order chi connectivity index (χ0) is 16.2. The summed E-state index contributed by atoms with van der Waals surface area (Å²) in [5.74, 6) is 0. The van der Waals surface area contributed by atoms with Crippen LogP contribution >= 0.6 is 7.92 Å². The first kappa shape index (κ1) is 16.4. The van der Waals surface area contributed by atoms with Crippen molar-refractivity contribution in [3.05, 3.63) is 42.7 Å². The first-order valence-electron chi connectivity index (χ1n) is 9.84. The van der Waals surface area contributed by atoms with Crippen molar-refractivity contribution in [3.8, 4) is 11.1 Å². The van der Waals surface area contributed by atoms with Crippen LogP contribution < -0.4 is 5.50 Å². The molecule has 128 valence electrons. The second kappa shape index (κ2) is 7.87. The van der Waals surface area contributed by atoms with E-state index in [9.17, 15) is 0 Å². The average Bonchev–Trinajstić information content (AvgIpc) is 3.14. The van der Waals surface area contributed by atoms with Crippen molar-refractivity contribution in [1.29, 1.82) is 0 Å². The molecule has 2 aromatic rings. The monoisotopic (exact) mass is 340 g/mol. The lowest BCUT2D eigenvalue weighted by molar-refractivity contribution is 0.483. The van der Waals surface area contributed by atoms with E-state index in [0.717, 1.165) is 11.3 Å². The molecule has 24 heavy (non-hydrogen) atoms. The normalized spacial score (nSPS) is 20.5. The lowest BCUT2D eigenvalue weighted by Crippen LogP contribution is -2.25. The van der Waals surface area contributed by atoms with Crippen LogP contribution in [0.15, 0.2) is 47.1 Å². The smallest absolute Gasteiger partial charge is 0.126 e. The van der Waals surface area contributed by atoms with Gasteiger partial charge in [0.25, 0.3) is 0 Å². The third kappa shape index (κ3) is 3.62. The highest BCUT2D eigenvalue weighted by Crippen LogP contribution is 2.55. The van der Waals surface area contributed by atoms with Gasteiger partial charge in [-0.15, -0.1) is 0 Å². The van der Waals surface area contributed by atoms with Crippen LogP contribution in [-0.2, 0) is 0 Å². The van der Waals surface area contributed by atoms with Gasteiger partial charge >= 0.3 is 0 Å². The summed E-state index contributed by atoms with van der Waals surface area (Å²) in [5, 5.41) is 0. The molecule has 0 N–H and O–H groups in total. The van der Waals surface area contributed by atoms with E-state index in [1.54, 1.807) is 0 Å². The van der Waals surface area contributed by atoms with Crippen LogP contribution in [0.3, 0.4) is 0 Å². The molecule has 0 spiro atoms. The van der Waals surface area contributed by atoms with E-state index in [2.05, 4.69) is 36.4 Å². The molecule has 1 nitrogen and oxygen atoms in total. The molecule has 1 aromatic heterocycles. The Morgan fingerprint density at radius 2 is 1.29 bits per heavy atom. The van der Waals surface area contributed by atoms with E-state index in [1.165, 1.54) is 80.8 Å². The predicted octanol–water partition coefficient (Wildman–Crippen LogP) is 6.72. The van der Waals surface area contributed by atoms with Gasteiger partial charge in [-0.2, -0.15) is 0 Å². The third-order valence-electron chi connectivity index (χ3n) is 5.88. The van der Waals surface area contributed by atoms with Crippen molar-refractivity contribution < 1.29 is 4.42 Å². The van der Waals surface area contributed by atoms with E-state index in [0.29, 0.717) is 0 Å². The van der Waals surface area contributed by atoms with Gasteiger partial charge in [-0.1, -0.05) is 68.9 Å². The first-order valence-corrected chi connectivity index (χ1v) is 11.3. The quantitative estimate of drug-likeness (QED) is 0.563. The van der Waals surface area contributed by atoms with E-state index < -0.39 is 0 Å². The van der Waals surface area contributed by atoms with Crippen LogP contribution in [0.25, 0.3) is 11.1 Å². The molecule has 2 heteroatoms. The topological polar surface area (TPSA) is 13.1 Å². The van der Waals surface area contributed by atoms with Crippen molar-refractivity contribution in [2.45, 2.75) is 75.5 Å².